The molecule has 0 bridgehead atoms. The minimum Gasteiger partial charge on any atom is -0.382 e. The number of nitrogen functional groups attached to an aromatic ring is 1. The molecule has 0 atom stereocenters. The molecule has 0 radical (unpaired) electrons. The van der Waals surface area contributed by atoms with Crippen LogP contribution >= 0.6 is 11.8 Å². The average molecular weight is 240 g/mol. The molecule has 0 saturated carbocycles. The molecular weight excluding hydrogens is 224 g/mol. The number of nitrogens with two attached hydrogens (primary N) is 1. The second-order valence-corrected chi connectivity index (χ2v) is 5.49. The lowest BCUT2D eigenvalue weighted by atomic mass is 10.2. The van der Waals surface area contributed by atoms with E-state index in [1.807, 2.05) is 6.26 Å². The summed E-state index contributed by atoms with van der Waals surface area (Å²) in [5.74, 6) is 0.0793. The number of hydrogen-bond acceptors (Lipinski definition) is 5. The van der Waals surface area contributed by atoms with Gasteiger partial charge in [-0.1, -0.05) is 0 Å². The zero-order valence-corrected chi connectivity index (χ0v) is 10.5. The lowest BCUT2D eigenvalue weighted by Crippen LogP contribution is -2.36. The van der Waals surface area contributed by atoms with Gasteiger partial charge in [0.25, 0.3) is 5.91 Å². The quantitative estimate of drug-likeness (QED) is 0.818. The number of rotatable bonds is 4. The predicted molar refractivity (Wildman–Crippen MR) is 66.4 cm³/mol. The fourth-order valence-electron chi connectivity index (χ4n) is 0.911. The summed E-state index contributed by atoms with van der Waals surface area (Å²) >= 11 is 1.70. The van der Waals surface area contributed by atoms with E-state index in [-0.39, 0.29) is 16.3 Å². The first-order valence-corrected chi connectivity index (χ1v) is 6.08. The van der Waals surface area contributed by atoms with Crippen LogP contribution in [0.15, 0.2) is 12.4 Å². The molecule has 1 aromatic heterocycles. The highest BCUT2D eigenvalue weighted by atomic mass is 32.2. The van der Waals surface area contributed by atoms with Crippen molar-refractivity contribution in [3.8, 4) is 0 Å². The number of nitrogens with one attached hydrogen (secondary N) is 1. The minimum absolute atomic E-state index is 0.0108. The van der Waals surface area contributed by atoms with Crippen LogP contribution in [0.1, 0.15) is 24.3 Å². The van der Waals surface area contributed by atoms with Crippen LogP contribution in [-0.2, 0) is 0 Å². The molecule has 0 spiro atoms. The monoisotopic (exact) mass is 240 g/mol. The van der Waals surface area contributed by atoms with Crippen LogP contribution in [0.4, 0.5) is 5.82 Å². The van der Waals surface area contributed by atoms with E-state index in [9.17, 15) is 4.79 Å². The van der Waals surface area contributed by atoms with Gasteiger partial charge in [0.2, 0.25) is 0 Å². The summed E-state index contributed by atoms with van der Waals surface area (Å²) in [7, 11) is 0. The summed E-state index contributed by atoms with van der Waals surface area (Å²) in [4.78, 5) is 19.4. The Kier molecular flexibility index (Phi) is 4.12. The molecule has 0 aromatic carbocycles. The molecular formula is C10H16N4OS. The van der Waals surface area contributed by atoms with Gasteiger partial charge in [0.15, 0.2) is 0 Å². The number of nitrogens with zero attached hydrogens (tertiary/aromatic N) is 2. The van der Waals surface area contributed by atoms with Crippen molar-refractivity contribution in [2.24, 2.45) is 0 Å². The van der Waals surface area contributed by atoms with E-state index >= 15 is 0 Å². The van der Waals surface area contributed by atoms with Gasteiger partial charge in [-0.2, -0.15) is 11.8 Å². The third-order valence-electron chi connectivity index (χ3n) is 2.13. The molecule has 1 aromatic rings. The van der Waals surface area contributed by atoms with Gasteiger partial charge >= 0.3 is 0 Å². The number of aromatic nitrogens is 2. The molecule has 5 nitrogen and oxygen atoms in total. The van der Waals surface area contributed by atoms with Gasteiger partial charge in [0.05, 0.1) is 12.4 Å². The van der Waals surface area contributed by atoms with Gasteiger partial charge in [-0.25, -0.2) is 9.97 Å². The third kappa shape index (κ3) is 3.69. The summed E-state index contributed by atoms with van der Waals surface area (Å²) in [5.41, 5.74) is 5.67. The lowest BCUT2D eigenvalue weighted by Gasteiger charge is -2.21. The second kappa shape index (κ2) is 5.16. The molecule has 6 heteroatoms. The van der Waals surface area contributed by atoms with Crippen molar-refractivity contribution in [3.05, 3.63) is 18.1 Å². The van der Waals surface area contributed by atoms with Crippen molar-refractivity contribution >= 4 is 23.5 Å². The van der Waals surface area contributed by atoms with Gasteiger partial charge in [0, 0.05) is 11.3 Å². The van der Waals surface area contributed by atoms with E-state index in [1.165, 1.54) is 12.4 Å². The lowest BCUT2D eigenvalue weighted by molar-refractivity contribution is 0.0945. The normalized spacial score (nSPS) is 11.2. The Morgan fingerprint density at radius 1 is 1.50 bits per heavy atom. The Hall–Kier alpha value is -1.30. The SMILES string of the molecule is CSC(C)(C)CNC(=O)c1cnc(N)cn1. The highest BCUT2D eigenvalue weighted by Crippen LogP contribution is 2.19. The average Bonchev–Trinajstić information content (AvgIpc) is 2.27. The fraction of sp³-hybridized carbons (Fsp3) is 0.500. The van der Waals surface area contributed by atoms with Crippen molar-refractivity contribution < 1.29 is 4.79 Å². The molecule has 16 heavy (non-hydrogen) atoms. The van der Waals surface area contributed by atoms with Gasteiger partial charge in [-0.3, -0.25) is 4.79 Å². The minimum atomic E-state index is -0.227. The topological polar surface area (TPSA) is 80.9 Å². The van der Waals surface area contributed by atoms with Gasteiger partial charge in [0.1, 0.15) is 11.5 Å². The maximum Gasteiger partial charge on any atom is 0.271 e. The van der Waals surface area contributed by atoms with Crippen LogP contribution in [0, 0.1) is 0 Å². The third-order valence-corrected chi connectivity index (χ3v) is 3.38. The number of carbonyl (C=O) groups excluding carboxylic acids is 1. The van der Waals surface area contributed by atoms with E-state index in [0.29, 0.717) is 12.4 Å². The molecule has 1 heterocycles. The predicted octanol–water partition coefficient (Wildman–Crippen LogP) is 0.930. The second-order valence-electron chi connectivity index (χ2n) is 3.97. The smallest absolute Gasteiger partial charge is 0.271 e. The Balaban J connectivity index is 2.56. The molecule has 1 rings (SSSR count). The maximum atomic E-state index is 11.7. The molecule has 0 saturated heterocycles. The first-order chi connectivity index (χ1) is 7.44. The fourth-order valence-corrected chi connectivity index (χ4v) is 1.13. The van der Waals surface area contributed by atoms with Crippen LogP contribution in [0.2, 0.25) is 0 Å². The largest absolute Gasteiger partial charge is 0.382 e. The van der Waals surface area contributed by atoms with Crippen molar-refractivity contribution in [1.29, 1.82) is 0 Å². The molecule has 3 N–H and O–H groups in total. The maximum absolute atomic E-state index is 11.7. The number of carbonyl (C=O) groups is 1. The van der Waals surface area contributed by atoms with Crippen LogP contribution < -0.4 is 11.1 Å². The van der Waals surface area contributed by atoms with Gasteiger partial charge in [-0.15, -0.1) is 0 Å². The Morgan fingerprint density at radius 3 is 2.69 bits per heavy atom. The van der Waals surface area contributed by atoms with E-state index in [4.69, 9.17) is 5.73 Å². The summed E-state index contributed by atoms with van der Waals surface area (Å²) in [5, 5.41) is 2.81. The molecule has 0 aliphatic heterocycles. The Morgan fingerprint density at radius 2 is 2.19 bits per heavy atom. The summed E-state index contributed by atoms with van der Waals surface area (Å²) in [6, 6.07) is 0. The van der Waals surface area contributed by atoms with Crippen LogP contribution in [-0.4, -0.2) is 33.4 Å². The highest BCUT2D eigenvalue weighted by molar-refractivity contribution is 7.99. The molecule has 0 aliphatic rings. The van der Waals surface area contributed by atoms with Crippen molar-refractivity contribution in [2.75, 3.05) is 18.5 Å². The summed E-state index contributed by atoms with van der Waals surface area (Å²) in [6.45, 7) is 4.71. The van der Waals surface area contributed by atoms with Crippen molar-refractivity contribution in [1.82, 2.24) is 15.3 Å². The van der Waals surface area contributed by atoms with E-state index in [2.05, 4.69) is 29.1 Å². The first kappa shape index (κ1) is 12.8. The van der Waals surface area contributed by atoms with Gasteiger partial charge < -0.3 is 11.1 Å². The van der Waals surface area contributed by atoms with E-state index in [1.54, 1.807) is 11.8 Å². The summed E-state index contributed by atoms with van der Waals surface area (Å²) < 4.78 is 0.0108. The number of thioether (sulfide) groups is 1. The number of anilines is 1. The van der Waals surface area contributed by atoms with E-state index in [0.717, 1.165) is 0 Å². The van der Waals surface area contributed by atoms with E-state index < -0.39 is 0 Å². The van der Waals surface area contributed by atoms with Crippen molar-refractivity contribution in [3.63, 3.8) is 0 Å². The molecule has 0 fully saturated rings. The Bertz CT molecular complexity index is 364. The molecule has 0 aliphatic carbocycles. The van der Waals surface area contributed by atoms with Crippen LogP contribution in [0.5, 0.6) is 0 Å². The van der Waals surface area contributed by atoms with Crippen LogP contribution in [0.3, 0.4) is 0 Å². The highest BCUT2D eigenvalue weighted by Gasteiger charge is 2.17. The molecule has 1 amide bonds. The van der Waals surface area contributed by atoms with Crippen molar-refractivity contribution in [2.45, 2.75) is 18.6 Å². The molecule has 0 unspecified atom stereocenters. The Labute approximate surface area is 99.2 Å². The zero-order chi connectivity index (χ0) is 12.2. The zero-order valence-electron chi connectivity index (χ0n) is 9.65. The summed E-state index contributed by atoms with van der Waals surface area (Å²) in [6.07, 6.45) is 4.75. The van der Waals surface area contributed by atoms with Gasteiger partial charge in [-0.05, 0) is 20.1 Å². The standard InChI is InChI=1S/C10H16N4OS/c1-10(2,16-3)6-14-9(15)7-4-13-8(11)5-12-7/h4-5H,6H2,1-3H3,(H2,11,13)(H,14,15). The first-order valence-electron chi connectivity index (χ1n) is 4.85. The molecule has 88 valence electrons. The number of hydrogen-bond donors (Lipinski definition) is 2. The van der Waals surface area contributed by atoms with Crippen LogP contribution in [0.25, 0.3) is 0 Å². The number of amides is 1.